The minimum Gasteiger partial charge on any atom is -0.310 e. The van der Waals surface area contributed by atoms with Gasteiger partial charge in [-0.1, -0.05) is 58.9 Å². The predicted molar refractivity (Wildman–Crippen MR) is 107 cm³/mol. The smallest absolute Gasteiger partial charge is 0.228 e. The van der Waals surface area contributed by atoms with Crippen LogP contribution in [0.3, 0.4) is 0 Å². The fraction of sp³-hybridized carbons (Fsp3) is 0.318. The number of hydrogen-bond donors (Lipinski definition) is 1. The van der Waals surface area contributed by atoms with E-state index in [4.69, 9.17) is 0 Å². The summed E-state index contributed by atoms with van der Waals surface area (Å²) in [6.45, 7) is 10.3. The van der Waals surface area contributed by atoms with Crippen molar-refractivity contribution in [3.8, 4) is 11.3 Å². The van der Waals surface area contributed by atoms with Gasteiger partial charge in [0.2, 0.25) is 5.91 Å². The van der Waals surface area contributed by atoms with Crippen LogP contribution in [0.5, 0.6) is 0 Å². The van der Waals surface area contributed by atoms with E-state index in [0.717, 1.165) is 16.6 Å². The molecule has 1 N–H and O–H groups in total. The summed E-state index contributed by atoms with van der Waals surface area (Å²) in [5.41, 5.74) is 3.97. The molecule has 2 heterocycles. The zero-order valence-corrected chi connectivity index (χ0v) is 16.0. The van der Waals surface area contributed by atoms with E-state index in [9.17, 15) is 4.79 Å². The third-order valence-corrected chi connectivity index (χ3v) is 4.37. The molecule has 3 rings (SSSR count). The topological polar surface area (TPSA) is 54.9 Å². The molecule has 0 saturated heterocycles. The second kappa shape index (κ2) is 6.87. The summed E-state index contributed by atoms with van der Waals surface area (Å²) in [6.07, 6.45) is 0. The highest BCUT2D eigenvalue weighted by molar-refractivity contribution is 5.92. The Morgan fingerprint density at radius 3 is 2.19 bits per heavy atom. The van der Waals surface area contributed by atoms with Gasteiger partial charge in [0.1, 0.15) is 5.82 Å². The maximum atomic E-state index is 11.9. The molecule has 0 radical (unpaired) electrons. The molecular weight excluding hydrogens is 322 g/mol. The number of nitrogens with one attached hydrogen (secondary N) is 1. The summed E-state index contributed by atoms with van der Waals surface area (Å²) >= 11 is 0. The Morgan fingerprint density at radius 1 is 0.923 bits per heavy atom. The minimum atomic E-state index is -0.0897. The first kappa shape index (κ1) is 18.1. The van der Waals surface area contributed by atoms with Gasteiger partial charge in [0, 0.05) is 16.9 Å². The van der Waals surface area contributed by atoms with Crippen LogP contribution in [0.1, 0.15) is 40.2 Å². The van der Waals surface area contributed by atoms with E-state index in [-0.39, 0.29) is 17.2 Å². The lowest BCUT2D eigenvalue weighted by atomic mass is 9.86. The number of nitrogens with zero attached hydrogens (tertiary/aromatic N) is 2. The summed E-state index contributed by atoms with van der Waals surface area (Å²) in [4.78, 5) is 21.1. The zero-order chi connectivity index (χ0) is 18.9. The number of rotatable bonds is 3. The Morgan fingerprint density at radius 2 is 1.58 bits per heavy atom. The van der Waals surface area contributed by atoms with Crippen molar-refractivity contribution in [2.45, 2.75) is 40.0 Å². The summed E-state index contributed by atoms with van der Waals surface area (Å²) < 4.78 is 0. The van der Waals surface area contributed by atoms with Gasteiger partial charge in [0.05, 0.1) is 5.69 Å². The first-order valence-electron chi connectivity index (χ1n) is 8.93. The van der Waals surface area contributed by atoms with Gasteiger partial charge in [0.15, 0.2) is 5.65 Å². The fourth-order valence-corrected chi connectivity index (χ4v) is 2.64. The normalized spacial score (nSPS) is 11.8. The predicted octanol–water partition coefficient (Wildman–Crippen LogP) is 5.19. The molecule has 134 valence electrons. The Balaban J connectivity index is 1.93. The molecule has 0 saturated carbocycles. The van der Waals surface area contributed by atoms with Crippen molar-refractivity contribution in [1.29, 1.82) is 0 Å². The van der Waals surface area contributed by atoms with Crippen LogP contribution in [-0.2, 0) is 10.2 Å². The van der Waals surface area contributed by atoms with Gasteiger partial charge in [-0.3, -0.25) is 4.79 Å². The molecule has 0 aliphatic carbocycles. The lowest BCUT2D eigenvalue weighted by Gasteiger charge is -2.19. The van der Waals surface area contributed by atoms with E-state index >= 15 is 0 Å². The molecule has 4 nitrogen and oxygen atoms in total. The Labute approximate surface area is 154 Å². The summed E-state index contributed by atoms with van der Waals surface area (Å²) in [7, 11) is 0. The molecular formula is C22H25N3O. The number of benzene rings is 1. The largest absolute Gasteiger partial charge is 0.310 e. The van der Waals surface area contributed by atoms with E-state index < -0.39 is 0 Å². The lowest BCUT2D eigenvalue weighted by molar-refractivity contribution is -0.118. The van der Waals surface area contributed by atoms with Crippen molar-refractivity contribution in [3.63, 3.8) is 0 Å². The Kier molecular flexibility index (Phi) is 4.77. The van der Waals surface area contributed by atoms with Crippen molar-refractivity contribution in [1.82, 2.24) is 9.97 Å². The molecule has 0 fully saturated rings. The molecule has 2 aromatic heterocycles. The standard InChI is InChI=1S/C22H25N3O/c1-14(2)21(26)25-19-13-9-16-8-12-18(23-20(16)24-19)15-6-10-17(11-7-15)22(3,4)5/h6-14H,1-5H3,(H,23,24,25,26). The summed E-state index contributed by atoms with van der Waals surface area (Å²) in [5.74, 6) is 0.392. The van der Waals surface area contributed by atoms with E-state index in [0.29, 0.717) is 11.5 Å². The summed E-state index contributed by atoms with van der Waals surface area (Å²) in [6, 6.07) is 16.2. The highest BCUT2D eigenvalue weighted by Gasteiger charge is 2.13. The first-order chi connectivity index (χ1) is 12.2. The molecule has 4 heteroatoms. The number of carbonyl (C=O) groups excluding carboxylic acids is 1. The minimum absolute atomic E-state index is 0.0502. The molecule has 0 atom stereocenters. The number of fused-ring (bicyclic) bond motifs is 1. The van der Waals surface area contributed by atoms with Gasteiger partial charge in [-0.05, 0) is 35.2 Å². The van der Waals surface area contributed by atoms with Crippen LogP contribution < -0.4 is 5.32 Å². The maximum absolute atomic E-state index is 11.9. The molecule has 1 amide bonds. The number of pyridine rings is 2. The average molecular weight is 347 g/mol. The molecule has 0 aliphatic heterocycles. The van der Waals surface area contributed by atoms with E-state index in [2.05, 4.69) is 60.3 Å². The van der Waals surface area contributed by atoms with Crippen LogP contribution in [0.4, 0.5) is 5.82 Å². The van der Waals surface area contributed by atoms with Gasteiger partial charge in [-0.15, -0.1) is 0 Å². The van der Waals surface area contributed by atoms with Crippen molar-refractivity contribution < 1.29 is 4.79 Å². The summed E-state index contributed by atoms with van der Waals surface area (Å²) in [5, 5.41) is 3.77. The maximum Gasteiger partial charge on any atom is 0.228 e. The van der Waals surface area contributed by atoms with Crippen LogP contribution in [0.2, 0.25) is 0 Å². The first-order valence-corrected chi connectivity index (χ1v) is 8.93. The van der Waals surface area contributed by atoms with E-state index in [1.54, 1.807) is 0 Å². The molecule has 0 spiro atoms. The second-order valence-corrected chi connectivity index (χ2v) is 7.91. The quantitative estimate of drug-likeness (QED) is 0.709. The molecule has 3 aromatic rings. The third-order valence-electron chi connectivity index (χ3n) is 4.37. The number of anilines is 1. The number of carbonyl (C=O) groups is 1. The number of hydrogen-bond acceptors (Lipinski definition) is 3. The van der Waals surface area contributed by atoms with Crippen LogP contribution in [0.15, 0.2) is 48.5 Å². The molecule has 0 aliphatic rings. The Hall–Kier alpha value is -2.75. The van der Waals surface area contributed by atoms with Gasteiger partial charge in [-0.25, -0.2) is 9.97 Å². The number of aromatic nitrogens is 2. The van der Waals surface area contributed by atoms with Crippen LogP contribution >= 0.6 is 0 Å². The molecule has 0 bridgehead atoms. The van der Waals surface area contributed by atoms with E-state index in [1.807, 2.05) is 38.1 Å². The van der Waals surface area contributed by atoms with Gasteiger partial charge in [0.25, 0.3) is 0 Å². The third kappa shape index (κ3) is 3.90. The zero-order valence-electron chi connectivity index (χ0n) is 16.0. The van der Waals surface area contributed by atoms with Crippen LogP contribution in [0.25, 0.3) is 22.3 Å². The van der Waals surface area contributed by atoms with Crippen molar-refractivity contribution in [2.75, 3.05) is 5.32 Å². The average Bonchev–Trinajstić information content (AvgIpc) is 2.60. The van der Waals surface area contributed by atoms with Crippen LogP contribution in [-0.4, -0.2) is 15.9 Å². The Bertz CT molecular complexity index is 938. The van der Waals surface area contributed by atoms with Crippen molar-refractivity contribution in [2.24, 2.45) is 5.92 Å². The van der Waals surface area contributed by atoms with Gasteiger partial charge < -0.3 is 5.32 Å². The number of amides is 1. The van der Waals surface area contributed by atoms with Crippen molar-refractivity contribution >= 4 is 22.8 Å². The van der Waals surface area contributed by atoms with E-state index in [1.165, 1.54) is 5.56 Å². The highest BCUT2D eigenvalue weighted by atomic mass is 16.1. The monoisotopic (exact) mass is 347 g/mol. The van der Waals surface area contributed by atoms with Crippen LogP contribution in [0, 0.1) is 5.92 Å². The molecule has 0 unspecified atom stereocenters. The van der Waals surface area contributed by atoms with Gasteiger partial charge >= 0.3 is 0 Å². The lowest BCUT2D eigenvalue weighted by Crippen LogP contribution is -2.18. The second-order valence-electron chi connectivity index (χ2n) is 7.91. The fourth-order valence-electron chi connectivity index (χ4n) is 2.64. The molecule has 26 heavy (non-hydrogen) atoms. The molecule has 1 aromatic carbocycles. The van der Waals surface area contributed by atoms with Crippen molar-refractivity contribution in [3.05, 3.63) is 54.1 Å². The SMILES string of the molecule is CC(C)C(=O)Nc1ccc2ccc(-c3ccc(C(C)(C)C)cc3)nc2n1. The van der Waals surface area contributed by atoms with Gasteiger partial charge in [-0.2, -0.15) is 0 Å². The highest BCUT2D eigenvalue weighted by Crippen LogP contribution is 2.26.